The van der Waals surface area contributed by atoms with Crippen LogP contribution in [0.25, 0.3) is 0 Å². The van der Waals surface area contributed by atoms with Crippen molar-refractivity contribution in [1.29, 1.82) is 0 Å². The van der Waals surface area contributed by atoms with E-state index in [0.717, 1.165) is 12.8 Å². The van der Waals surface area contributed by atoms with Gasteiger partial charge in [-0.15, -0.1) is 0 Å². The maximum atomic E-state index is 13.2. The molecule has 0 amide bonds. The number of rotatable bonds is 2. The predicted octanol–water partition coefficient (Wildman–Crippen LogP) is 2.60. The molecule has 1 aliphatic carbocycles. The molecule has 0 spiro atoms. The predicted molar refractivity (Wildman–Crippen MR) is 55.3 cm³/mol. The summed E-state index contributed by atoms with van der Waals surface area (Å²) < 4.78 is 18.2. The molecule has 1 N–H and O–H groups in total. The van der Waals surface area contributed by atoms with E-state index in [1.807, 2.05) is 0 Å². The van der Waals surface area contributed by atoms with E-state index < -0.39 is 5.60 Å². The van der Waals surface area contributed by atoms with Gasteiger partial charge in [-0.3, -0.25) is 0 Å². The van der Waals surface area contributed by atoms with Gasteiger partial charge in [-0.25, -0.2) is 4.39 Å². The average molecular weight is 210 g/mol. The van der Waals surface area contributed by atoms with Crippen molar-refractivity contribution in [1.82, 2.24) is 0 Å². The van der Waals surface area contributed by atoms with Crippen molar-refractivity contribution in [2.45, 2.75) is 31.3 Å². The van der Waals surface area contributed by atoms with Gasteiger partial charge in [-0.05, 0) is 30.5 Å². The van der Waals surface area contributed by atoms with Crippen molar-refractivity contribution < 1.29 is 14.2 Å². The van der Waals surface area contributed by atoms with Gasteiger partial charge in [0, 0.05) is 6.07 Å². The topological polar surface area (TPSA) is 29.5 Å². The standard InChI is InChI=1S/C12H15FO2/c1-15-11-7-9(6-10(13)8-11)12(14)4-2-3-5-12/h6-8,14H,2-5H2,1H3. The minimum absolute atomic E-state index is 0.357. The van der Waals surface area contributed by atoms with Crippen LogP contribution in [0.4, 0.5) is 4.39 Å². The summed E-state index contributed by atoms with van der Waals surface area (Å²) in [6.45, 7) is 0. The van der Waals surface area contributed by atoms with Crippen molar-refractivity contribution in [3.63, 3.8) is 0 Å². The second-order valence-electron chi connectivity index (χ2n) is 4.12. The number of halogens is 1. The van der Waals surface area contributed by atoms with Gasteiger partial charge in [0.1, 0.15) is 11.6 Å². The molecule has 1 saturated carbocycles. The smallest absolute Gasteiger partial charge is 0.127 e. The van der Waals surface area contributed by atoms with Crippen molar-refractivity contribution >= 4 is 0 Å². The van der Waals surface area contributed by atoms with Crippen molar-refractivity contribution in [2.75, 3.05) is 7.11 Å². The monoisotopic (exact) mass is 210 g/mol. The molecule has 2 rings (SSSR count). The molecule has 0 bridgehead atoms. The van der Waals surface area contributed by atoms with E-state index in [1.54, 1.807) is 6.07 Å². The number of hydrogen-bond donors (Lipinski definition) is 1. The number of ether oxygens (including phenoxy) is 1. The Morgan fingerprint density at radius 3 is 2.53 bits per heavy atom. The first-order chi connectivity index (χ1) is 7.14. The van der Waals surface area contributed by atoms with Crippen LogP contribution in [0.1, 0.15) is 31.2 Å². The largest absolute Gasteiger partial charge is 0.497 e. The van der Waals surface area contributed by atoms with Crippen LogP contribution in [0.15, 0.2) is 18.2 Å². The number of hydrogen-bond acceptors (Lipinski definition) is 2. The highest BCUT2D eigenvalue weighted by Gasteiger charge is 2.33. The van der Waals surface area contributed by atoms with Crippen LogP contribution in [0.3, 0.4) is 0 Å². The molecule has 1 aromatic carbocycles. The summed E-state index contributed by atoms with van der Waals surface area (Å²) in [4.78, 5) is 0. The van der Waals surface area contributed by atoms with Gasteiger partial charge < -0.3 is 9.84 Å². The van der Waals surface area contributed by atoms with Crippen LogP contribution in [-0.4, -0.2) is 12.2 Å². The molecule has 0 saturated heterocycles. The fourth-order valence-corrected chi connectivity index (χ4v) is 2.20. The lowest BCUT2D eigenvalue weighted by atomic mass is 9.92. The third-order valence-electron chi connectivity index (χ3n) is 3.08. The Morgan fingerprint density at radius 1 is 1.27 bits per heavy atom. The van der Waals surface area contributed by atoms with Crippen molar-refractivity contribution in [2.24, 2.45) is 0 Å². The highest BCUT2D eigenvalue weighted by atomic mass is 19.1. The van der Waals surface area contributed by atoms with Crippen LogP contribution in [-0.2, 0) is 5.60 Å². The summed E-state index contributed by atoms with van der Waals surface area (Å²) in [5, 5.41) is 10.3. The summed E-state index contributed by atoms with van der Waals surface area (Å²) >= 11 is 0. The zero-order chi connectivity index (χ0) is 10.9. The van der Waals surface area contributed by atoms with E-state index in [1.165, 1.54) is 19.2 Å². The summed E-state index contributed by atoms with van der Waals surface area (Å²) in [5.74, 6) is 0.106. The van der Waals surface area contributed by atoms with E-state index in [2.05, 4.69) is 0 Å². The first kappa shape index (κ1) is 10.4. The fourth-order valence-electron chi connectivity index (χ4n) is 2.20. The van der Waals surface area contributed by atoms with Crippen molar-refractivity contribution in [3.05, 3.63) is 29.6 Å². The Kier molecular flexibility index (Phi) is 2.65. The second-order valence-corrected chi connectivity index (χ2v) is 4.12. The second kappa shape index (κ2) is 3.81. The Hall–Kier alpha value is -1.09. The quantitative estimate of drug-likeness (QED) is 0.813. The third-order valence-corrected chi connectivity index (χ3v) is 3.08. The van der Waals surface area contributed by atoms with E-state index in [9.17, 15) is 9.50 Å². The Bertz CT molecular complexity index is 357. The van der Waals surface area contributed by atoms with Gasteiger partial charge in [0.25, 0.3) is 0 Å². The van der Waals surface area contributed by atoms with Crippen LogP contribution in [0, 0.1) is 5.82 Å². The highest BCUT2D eigenvalue weighted by Crippen LogP contribution is 2.39. The summed E-state index contributed by atoms with van der Waals surface area (Å²) in [5.41, 5.74) is -0.216. The number of methoxy groups -OCH3 is 1. The zero-order valence-electron chi connectivity index (χ0n) is 8.79. The van der Waals surface area contributed by atoms with Gasteiger partial charge in [0.2, 0.25) is 0 Å². The lowest BCUT2D eigenvalue weighted by molar-refractivity contribution is 0.0439. The van der Waals surface area contributed by atoms with E-state index >= 15 is 0 Å². The third kappa shape index (κ3) is 1.97. The molecule has 15 heavy (non-hydrogen) atoms. The van der Waals surface area contributed by atoms with E-state index in [-0.39, 0.29) is 5.82 Å². The molecular weight excluding hydrogens is 195 g/mol. The molecule has 2 nitrogen and oxygen atoms in total. The van der Waals surface area contributed by atoms with E-state index in [4.69, 9.17) is 4.74 Å². The normalized spacial score (nSPS) is 19.1. The maximum absolute atomic E-state index is 13.2. The lowest BCUT2D eigenvalue weighted by Gasteiger charge is -2.23. The summed E-state index contributed by atoms with van der Waals surface area (Å²) in [6.07, 6.45) is 3.41. The van der Waals surface area contributed by atoms with Gasteiger partial charge in [-0.1, -0.05) is 12.8 Å². The fraction of sp³-hybridized carbons (Fsp3) is 0.500. The number of aliphatic hydroxyl groups is 1. The lowest BCUT2D eigenvalue weighted by Crippen LogP contribution is -2.21. The highest BCUT2D eigenvalue weighted by molar-refractivity contribution is 5.33. The average Bonchev–Trinajstić information content (AvgIpc) is 2.65. The van der Waals surface area contributed by atoms with Crippen LogP contribution < -0.4 is 4.74 Å². The number of benzene rings is 1. The first-order valence-corrected chi connectivity index (χ1v) is 5.21. The molecule has 0 aliphatic heterocycles. The molecule has 3 heteroatoms. The van der Waals surface area contributed by atoms with Gasteiger partial charge >= 0.3 is 0 Å². The maximum Gasteiger partial charge on any atom is 0.127 e. The van der Waals surface area contributed by atoms with Crippen LogP contribution in [0.2, 0.25) is 0 Å². The molecule has 0 unspecified atom stereocenters. The Balaban J connectivity index is 2.38. The first-order valence-electron chi connectivity index (χ1n) is 5.21. The minimum Gasteiger partial charge on any atom is -0.497 e. The SMILES string of the molecule is COc1cc(F)cc(C2(O)CCCC2)c1. The minimum atomic E-state index is -0.852. The molecule has 0 aromatic heterocycles. The molecule has 0 atom stereocenters. The van der Waals surface area contributed by atoms with Crippen LogP contribution in [0.5, 0.6) is 5.75 Å². The molecular formula is C12H15FO2. The Labute approximate surface area is 88.7 Å². The van der Waals surface area contributed by atoms with Gasteiger partial charge in [0.15, 0.2) is 0 Å². The molecule has 1 fully saturated rings. The Morgan fingerprint density at radius 2 is 1.93 bits per heavy atom. The summed E-state index contributed by atoms with van der Waals surface area (Å²) in [6, 6.07) is 4.43. The zero-order valence-corrected chi connectivity index (χ0v) is 8.79. The molecule has 1 aromatic rings. The molecule has 82 valence electrons. The van der Waals surface area contributed by atoms with Gasteiger partial charge in [-0.2, -0.15) is 0 Å². The molecule has 0 heterocycles. The summed E-state index contributed by atoms with van der Waals surface area (Å²) in [7, 11) is 1.50. The molecule has 0 radical (unpaired) electrons. The molecule has 1 aliphatic rings. The van der Waals surface area contributed by atoms with Crippen LogP contribution >= 0.6 is 0 Å². The van der Waals surface area contributed by atoms with Gasteiger partial charge in [0.05, 0.1) is 12.7 Å². The van der Waals surface area contributed by atoms with E-state index in [0.29, 0.717) is 24.2 Å². The van der Waals surface area contributed by atoms with Crippen molar-refractivity contribution in [3.8, 4) is 5.75 Å².